The summed E-state index contributed by atoms with van der Waals surface area (Å²) in [6.45, 7) is 4.60. The Morgan fingerprint density at radius 1 is 1.18 bits per heavy atom. The summed E-state index contributed by atoms with van der Waals surface area (Å²) in [4.78, 5) is 47.1. The first-order chi connectivity index (χ1) is 18.4. The van der Waals surface area contributed by atoms with Gasteiger partial charge >= 0.3 is 5.97 Å². The van der Waals surface area contributed by atoms with E-state index >= 15 is 0 Å². The van der Waals surface area contributed by atoms with Gasteiger partial charge in [-0.05, 0) is 61.6 Å². The van der Waals surface area contributed by atoms with E-state index in [1.165, 1.54) is 11.8 Å². The molecule has 1 aliphatic heterocycles. The molecule has 0 aliphatic carbocycles. The molecule has 1 aliphatic rings. The van der Waals surface area contributed by atoms with Crippen LogP contribution in [0.3, 0.4) is 0 Å². The normalized spacial score (nSPS) is 13.0. The number of thiophene rings is 1. The van der Waals surface area contributed by atoms with Crippen molar-refractivity contribution in [2.24, 2.45) is 0 Å². The molecule has 0 fully saturated rings. The minimum Gasteiger partial charge on any atom is -0.462 e. The molecule has 10 heteroatoms. The Morgan fingerprint density at radius 3 is 2.79 bits per heavy atom. The van der Waals surface area contributed by atoms with Gasteiger partial charge in [-0.2, -0.15) is 0 Å². The van der Waals surface area contributed by atoms with Crippen molar-refractivity contribution in [3.05, 3.63) is 85.5 Å². The van der Waals surface area contributed by atoms with E-state index in [9.17, 15) is 14.4 Å². The van der Waals surface area contributed by atoms with Gasteiger partial charge in [0.25, 0.3) is 5.56 Å². The van der Waals surface area contributed by atoms with E-state index in [0.717, 1.165) is 41.0 Å². The minimum atomic E-state index is -0.470. The van der Waals surface area contributed by atoms with Crippen molar-refractivity contribution in [1.29, 1.82) is 0 Å². The van der Waals surface area contributed by atoms with Crippen LogP contribution in [-0.4, -0.2) is 40.3 Å². The highest BCUT2D eigenvalue weighted by atomic mass is 35.5. The first kappa shape index (κ1) is 26.5. The summed E-state index contributed by atoms with van der Waals surface area (Å²) in [5, 5.41) is 1.37. The Labute approximate surface area is 233 Å². The monoisotopic (exact) mass is 567 g/mol. The molecule has 0 atom stereocenters. The molecule has 0 spiro atoms. The summed E-state index contributed by atoms with van der Waals surface area (Å²) >= 11 is 8.57. The van der Waals surface area contributed by atoms with Crippen molar-refractivity contribution in [2.45, 2.75) is 38.4 Å². The third-order valence-electron chi connectivity index (χ3n) is 6.44. The third kappa shape index (κ3) is 5.23. The largest absolute Gasteiger partial charge is 0.462 e. The molecular formula is C28H26ClN3O4S2. The molecule has 5 rings (SSSR count). The molecule has 0 radical (unpaired) electrons. The van der Waals surface area contributed by atoms with Crippen molar-refractivity contribution in [3.63, 3.8) is 0 Å². The molecule has 0 N–H and O–H groups in total. The third-order valence-corrected chi connectivity index (χ3v) is 8.80. The lowest BCUT2D eigenvalue weighted by atomic mass is 10.0. The fourth-order valence-electron chi connectivity index (χ4n) is 4.65. The van der Waals surface area contributed by atoms with Gasteiger partial charge in [-0.1, -0.05) is 53.7 Å². The van der Waals surface area contributed by atoms with Gasteiger partial charge in [-0.25, -0.2) is 9.78 Å². The molecule has 7 nitrogen and oxygen atoms in total. The van der Waals surface area contributed by atoms with Gasteiger partial charge in [-0.3, -0.25) is 14.2 Å². The number of aromatic nitrogens is 2. The van der Waals surface area contributed by atoms with E-state index in [4.69, 9.17) is 21.3 Å². The van der Waals surface area contributed by atoms with Crippen LogP contribution in [0.1, 0.15) is 39.7 Å². The number of nitrogens with zero attached hydrogens (tertiary/aromatic N) is 3. The average Bonchev–Trinajstić information content (AvgIpc) is 3.25. The van der Waals surface area contributed by atoms with E-state index < -0.39 is 5.97 Å². The van der Waals surface area contributed by atoms with Crippen molar-refractivity contribution in [1.82, 2.24) is 9.55 Å². The topological polar surface area (TPSA) is 81.5 Å². The molecule has 0 bridgehead atoms. The van der Waals surface area contributed by atoms with Crippen LogP contribution in [0.2, 0.25) is 5.02 Å². The van der Waals surface area contributed by atoms with Gasteiger partial charge in [0.15, 0.2) is 5.16 Å². The molecule has 1 amide bonds. The average molecular weight is 568 g/mol. The first-order valence-electron chi connectivity index (χ1n) is 12.3. The number of carbonyl (C=O) groups excluding carboxylic acids is 2. The zero-order chi connectivity index (χ0) is 26.8. The summed E-state index contributed by atoms with van der Waals surface area (Å²) in [6.07, 6.45) is 1.85. The second-order valence-corrected chi connectivity index (χ2v) is 11.3. The van der Waals surface area contributed by atoms with Crippen molar-refractivity contribution < 1.29 is 14.3 Å². The summed E-state index contributed by atoms with van der Waals surface area (Å²) < 4.78 is 6.75. The zero-order valence-corrected chi connectivity index (χ0v) is 23.4. The molecule has 3 heterocycles. The highest BCUT2D eigenvalue weighted by molar-refractivity contribution is 7.99. The molecule has 0 saturated carbocycles. The molecule has 196 valence electrons. The zero-order valence-electron chi connectivity index (χ0n) is 21.0. The Kier molecular flexibility index (Phi) is 7.88. The minimum absolute atomic E-state index is 0.0413. The Morgan fingerprint density at radius 2 is 2.00 bits per heavy atom. The molecule has 2 aromatic carbocycles. The number of ether oxygens (including phenoxy) is 1. The number of anilines is 1. The van der Waals surface area contributed by atoms with Crippen LogP contribution in [0.4, 0.5) is 5.69 Å². The fourth-order valence-corrected chi connectivity index (χ4v) is 6.86. The lowest BCUT2D eigenvalue weighted by Crippen LogP contribution is -2.36. The SMILES string of the molecule is CCOC(=O)c1sc2nc(SCC(=O)N3CCCc4ccccc43)n(Cc3cccc(Cl)c3)c(=O)c2c1C. The quantitative estimate of drug-likeness (QED) is 0.161. The second kappa shape index (κ2) is 11.3. The number of amides is 1. The number of esters is 1. The van der Waals surface area contributed by atoms with Crippen LogP contribution in [0.5, 0.6) is 0 Å². The van der Waals surface area contributed by atoms with Crippen molar-refractivity contribution in [3.8, 4) is 0 Å². The lowest BCUT2D eigenvalue weighted by Gasteiger charge is -2.29. The van der Waals surface area contributed by atoms with Gasteiger partial charge in [0.05, 0.1) is 24.3 Å². The number of thioether (sulfide) groups is 1. The lowest BCUT2D eigenvalue weighted by molar-refractivity contribution is -0.116. The first-order valence-corrected chi connectivity index (χ1v) is 14.5. The van der Waals surface area contributed by atoms with Gasteiger partial charge in [0.2, 0.25) is 5.91 Å². The van der Waals surface area contributed by atoms with Crippen LogP contribution < -0.4 is 10.5 Å². The Hall–Kier alpha value is -3.14. The summed E-state index contributed by atoms with van der Waals surface area (Å²) in [7, 11) is 0. The number of rotatable bonds is 7. The number of carbonyl (C=O) groups is 2. The number of aryl methyl sites for hydroxylation is 2. The Balaban J connectivity index is 1.52. The van der Waals surface area contributed by atoms with E-state index in [1.807, 2.05) is 35.2 Å². The van der Waals surface area contributed by atoms with Crippen molar-refractivity contribution in [2.75, 3.05) is 23.8 Å². The van der Waals surface area contributed by atoms with Crippen LogP contribution in [-0.2, 0) is 22.5 Å². The number of hydrogen-bond donors (Lipinski definition) is 0. The standard InChI is InChI=1S/C28H26ClN3O4S2/c1-3-36-27(35)24-17(2)23-25(38-24)30-28(32(26(23)34)15-18-8-6-11-20(29)14-18)37-16-22(33)31-13-7-10-19-9-4-5-12-21(19)31/h4-6,8-9,11-12,14H,3,7,10,13,15-16H2,1-2H3. The van der Waals surface area contributed by atoms with Crippen molar-refractivity contribution >= 4 is 62.5 Å². The smallest absolute Gasteiger partial charge is 0.348 e. The molecule has 0 saturated heterocycles. The highest BCUT2D eigenvalue weighted by Gasteiger charge is 2.25. The fraction of sp³-hybridized carbons (Fsp3) is 0.286. The molecule has 2 aromatic heterocycles. The maximum Gasteiger partial charge on any atom is 0.348 e. The number of halogens is 1. The number of para-hydroxylation sites is 1. The predicted octanol–water partition coefficient (Wildman–Crippen LogP) is 5.72. The van der Waals surface area contributed by atoms with E-state index in [2.05, 4.69) is 6.07 Å². The van der Waals surface area contributed by atoms with Crippen LogP contribution >= 0.6 is 34.7 Å². The molecular weight excluding hydrogens is 542 g/mol. The van der Waals surface area contributed by atoms with E-state index in [-0.39, 0.29) is 30.4 Å². The Bertz CT molecular complexity index is 1600. The van der Waals surface area contributed by atoms with Gasteiger partial charge in [-0.15, -0.1) is 11.3 Å². The second-order valence-electron chi connectivity index (χ2n) is 8.94. The van der Waals surface area contributed by atoms with Crippen LogP contribution in [0, 0.1) is 6.92 Å². The van der Waals surface area contributed by atoms with Gasteiger partial charge in [0.1, 0.15) is 9.71 Å². The van der Waals surface area contributed by atoms with Crippen LogP contribution in [0.25, 0.3) is 10.2 Å². The summed E-state index contributed by atoms with van der Waals surface area (Å²) in [6, 6.07) is 15.2. The molecule has 4 aromatic rings. The molecule has 0 unspecified atom stereocenters. The summed E-state index contributed by atoms with van der Waals surface area (Å²) in [5.41, 5.74) is 3.22. The van der Waals surface area contributed by atoms with Gasteiger partial charge < -0.3 is 9.64 Å². The number of benzene rings is 2. The highest BCUT2D eigenvalue weighted by Crippen LogP contribution is 2.31. The number of hydrogen-bond acceptors (Lipinski definition) is 7. The van der Waals surface area contributed by atoms with Crippen LogP contribution in [0.15, 0.2) is 58.5 Å². The molecule has 38 heavy (non-hydrogen) atoms. The maximum atomic E-state index is 13.8. The maximum absolute atomic E-state index is 13.8. The summed E-state index contributed by atoms with van der Waals surface area (Å²) in [5.74, 6) is -0.390. The predicted molar refractivity (Wildman–Crippen MR) is 153 cm³/mol. The van der Waals surface area contributed by atoms with E-state index in [0.29, 0.717) is 37.4 Å². The van der Waals surface area contributed by atoms with Gasteiger partial charge in [0, 0.05) is 17.3 Å². The number of fused-ring (bicyclic) bond motifs is 2. The van der Waals surface area contributed by atoms with E-state index in [1.54, 1.807) is 30.5 Å².